The molecule has 0 radical (unpaired) electrons. The van der Waals surface area contributed by atoms with Crippen molar-refractivity contribution in [2.24, 2.45) is 0 Å². The number of hydrogen-bond donors (Lipinski definition) is 1. The fraction of sp³-hybridized carbons (Fsp3) is 0.350. The average Bonchev–Trinajstić information content (AvgIpc) is 3.23. The fourth-order valence-corrected chi connectivity index (χ4v) is 4.42. The van der Waals surface area contributed by atoms with Crippen molar-refractivity contribution in [1.29, 1.82) is 0 Å². The maximum Gasteiger partial charge on any atom is 0.255 e. The third kappa shape index (κ3) is 5.29. The number of nitrogens with zero attached hydrogens (tertiary/aromatic N) is 2. The maximum absolute atomic E-state index is 12.8. The molecule has 6 nitrogen and oxygen atoms in total. The smallest absolute Gasteiger partial charge is 0.255 e. The third-order valence-electron chi connectivity index (χ3n) is 4.74. The van der Waals surface area contributed by atoms with Gasteiger partial charge in [0.25, 0.3) is 5.91 Å². The van der Waals surface area contributed by atoms with Crippen LogP contribution in [0.4, 0.5) is 0 Å². The van der Waals surface area contributed by atoms with E-state index in [4.69, 9.17) is 23.2 Å². The van der Waals surface area contributed by atoms with Crippen molar-refractivity contribution in [3.05, 3.63) is 56.2 Å². The zero-order chi connectivity index (χ0) is 21.0. The van der Waals surface area contributed by atoms with Crippen LogP contribution in [0.2, 0.25) is 10.0 Å². The molecule has 2 heterocycles. The van der Waals surface area contributed by atoms with Crippen molar-refractivity contribution in [2.45, 2.75) is 19.4 Å². The summed E-state index contributed by atoms with van der Waals surface area (Å²) >= 11 is 13.7. The summed E-state index contributed by atoms with van der Waals surface area (Å²) < 4.78 is 0. The largest absolute Gasteiger partial charge is 0.348 e. The van der Waals surface area contributed by atoms with Crippen LogP contribution in [0.5, 0.6) is 0 Å². The normalized spacial score (nSPS) is 15.1. The molecule has 1 aliphatic rings. The van der Waals surface area contributed by atoms with Gasteiger partial charge in [0.1, 0.15) is 0 Å². The molecule has 1 aromatic carbocycles. The number of nitrogens with one attached hydrogen (secondary N) is 1. The first kappa shape index (κ1) is 21.6. The SMILES string of the molecule is CC(=O)NC(CC(=O)N1CCN(C(=O)c2cccc(Cl)c2Cl)CC1)c1cccs1. The summed E-state index contributed by atoms with van der Waals surface area (Å²) in [5.74, 6) is -0.422. The minimum atomic E-state index is -0.343. The first-order valence-corrected chi connectivity index (χ1v) is 10.8. The predicted octanol–water partition coefficient (Wildman–Crippen LogP) is 3.61. The van der Waals surface area contributed by atoms with E-state index >= 15 is 0 Å². The average molecular weight is 454 g/mol. The van der Waals surface area contributed by atoms with Crippen molar-refractivity contribution in [3.8, 4) is 0 Å². The van der Waals surface area contributed by atoms with Gasteiger partial charge in [-0.15, -0.1) is 11.3 Å². The van der Waals surface area contributed by atoms with Gasteiger partial charge < -0.3 is 15.1 Å². The quantitative estimate of drug-likeness (QED) is 0.751. The molecule has 0 bridgehead atoms. The Kier molecular flexibility index (Phi) is 7.16. The molecule has 3 rings (SSSR count). The first-order valence-electron chi connectivity index (χ1n) is 9.18. The van der Waals surface area contributed by atoms with Gasteiger partial charge in [-0.25, -0.2) is 0 Å². The van der Waals surface area contributed by atoms with E-state index in [1.165, 1.54) is 18.3 Å². The number of piperazine rings is 1. The van der Waals surface area contributed by atoms with Gasteiger partial charge in [0.15, 0.2) is 0 Å². The van der Waals surface area contributed by atoms with E-state index in [2.05, 4.69) is 5.32 Å². The molecule has 1 fully saturated rings. The second-order valence-electron chi connectivity index (χ2n) is 6.75. The molecule has 2 aromatic rings. The van der Waals surface area contributed by atoms with E-state index < -0.39 is 0 Å². The third-order valence-corrected chi connectivity index (χ3v) is 6.55. The number of carbonyl (C=O) groups excluding carboxylic acids is 3. The zero-order valence-corrected chi connectivity index (χ0v) is 18.2. The molecule has 154 valence electrons. The van der Waals surface area contributed by atoms with Crippen molar-refractivity contribution in [2.75, 3.05) is 26.2 Å². The fourth-order valence-electron chi connectivity index (χ4n) is 3.26. The van der Waals surface area contributed by atoms with Gasteiger partial charge in [-0.1, -0.05) is 35.3 Å². The summed E-state index contributed by atoms with van der Waals surface area (Å²) in [6, 6.07) is 8.43. The Balaban J connectivity index is 1.59. The van der Waals surface area contributed by atoms with Crippen molar-refractivity contribution in [3.63, 3.8) is 0 Å². The topological polar surface area (TPSA) is 69.7 Å². The minimum Gasteiger partial charge on any atom is -0.348 e. The maximum atomic E-state index is 12.8. The van der Waals surface area contributed by atoms with Gasteiger partial charge >= 0.3 is 0 Å². The van der Waals surface area contributed by atoms with Crippen LogP contribution in [0.15, 0.2) is 35.7 Å². The number of halogens is 2. The molecule has 1 unspecified atom stereocenters. The number of benzene rings is 1. The highest BCUT2D eigenvalue weighted by Gasteiger charge is 2.28. The highest BCUT2D eigenvalue weighted by Crippen LogP contribution is 2.27. The van der Waals surface area contributed by atoms with Crippen LogP contribution < -0.4 is 5.32 Å². The number of hydrogen-bond acceptors (Lipinski definition) is 4. The second-order valence-corrected chi connectivity index (χ2v) is 8.51. The molecular weight excluding hydrogens is 433 g/mol. The van der Waals surface area contributed by atoms with Crippen molar-refractivity contribution in [1.82, 2.24) is 15.1 Å². The van der Waals surface area contributed by atoms with Crippen LogP contribution in [0.3, 0.4) is 0 Å². The van der Waals surface area contributed by atoms with Gasteiger partial charge in [0.05, 0.1) is 28.1 Å². The van der Waals surface area contributed by atoms with Gasteiger partial charge in [0, 0.05) is 38.0 Å². The van der Waals surface area contributed by atoms with Crippen molar-refractivity contribution < 1.29 is 14.4 Å². The molecule has 1 aliphatic heterocycles. The van der Waals surface area contributed by atoms with Gasteiger partial charge in [-0.05, 0) is 23.6 Å². The van der Waals surface area contributed by atoms with Crippen LogP contribution in [-0.4, -0.2) is 53.7 Å². The predicted molar refractivity (Wildman–Crippen MR) is 114 cm³/mol. The molecule has 0 aliphatic carbocycles. The number of carbonyl (C=O) groups is 3. The lowest BCUT2D eigenvalue weighted by molar-refractivity contribution is -0.133. The van der Waals surface area contributed by atoms with Crippen LogP contribution in [0, 0.1) is 0 Å². The van der Waals surface area contributed by atoms with E-state index in [9.17, 15) is 14.4 Å². The molecule has 1 aromatic heterocycles. The summed E-state index contributed by atoms with van der Waals surface area (Å²) in [6.07, 6.45) is 0.189. The Morgan fingerprint density at radius 2 is 1.76 bits per heavy atom. The van der Waals surface area contributed by atoms with E-state index in [1.807, 2.05) is 17.5 Å². The standard InChI is InChI=1S/C20H21Cl2N3O3S/c1-13(26)23-16(17-6-3-11-29-17)12-18(27)24-7-9-25(10-8-24)20(28)14-4-2-5-15(21)19(14)22/h2-6,11,16H,7-10,12H2,1H3,(H,23,26). The Labute approximate surface area is 183 Å². The van der Waals surface area contributed by atoms with E-state index in [0.29, 0.717) is 36.8 Å². The highest BCUT2D eigenvalue weighted by molar-refractivity contribution is 7.10. The summed E-state index contributed by atoms with van der Waals surface area (Å²) in [7, 11) is 0. The van der Waals surface area contributed by atoms with Crippen LogP contribution in [0.25, 0.3) is 0 Å². The van der Waals surface area contributed by atoms with E-state index in [1.54, 1.807) is 28.0 Å². The van der Waals surface area contributed by atoms with Crippen LogP contribution in [-0.2, 0) is 9.59 Å². The summed E-state index contributed by atoms with van der Waals surface area (Å²) in [4.78, 5) is 41.4. The van der Waals surface area contributed by atoms with Gasteiger partial charge in [-0.3, -0.25) is 14.4 Å². The monoisotopic (exact) mass is 453 g/mol. The Morgan fingerprint density at radius 1 is 1.07 bits per heavy atom. The molecule has 29 heavy (non-hydrogen) atoms. The van der Waals surface area contributed by atoms with E-state index in [0.717, 1.165) is 4.88 Å². The number of amides is 3. The molecule has 0 saturated carbocycles. The lowest BCUT2D eigenvalue weighted by Crippen LogP contribution is -2.51. The summed E-state index contributed by atoms with van der Waals surface area (Å²) in [5.41, 5.74) is 0.363. The molecule has 3 amide bonds. The molecule has 1 atom stereocenters. The number of thiophene rings is 1. The first-order chi connectivity index (χ1) is 13.9. The van der Waals surface area contributed by atoms with Gasteiger partial charge in [-0.2, -0.15) is 0 Å². The van der Waals surface area contributed by atoms with Gasteiger partial charge in [0.2, 0.25) is 11.8 Å². The molecule has 9 heteroatoms. The highest BCUT2D eigenvalue weighted by atomic mass is 35.5. The van der Waals surface area contributed by atoms with E-state index in [-0.39, 0.29) is 35.2 Å². The molecule has 1 saturated heterocycles. The molecule has 0 spiro atoms. The number of rotatable bonds is 5. The summed E-state index contributed by atoms with van der Waals surface area (Å²) in [5, 5.41) is 5.34. The molecule has 1 N–H and O–H groups in total. The minimum absolute atomic E-state index is 0.0509. The Bertz CT molecular complexity index is 896. The second kappa shape index (κ2) is 9.61. The lowest BCUT2D eigenvalue weighted by atomic mass is 10.1. The lowest BCUT2D eigenvalue weighted by Gasteiger charge is -2.35. The van der Waals surface area contributed by atoms with Crippen molar-refractivity contribution >= 4 is 52.3 Å². The molecular formula is C20H21Cl2N3O3S. The Morgan fingerprint density at radius 3 is 2.38 bits per heavy atom. The zero-order valence-electron chi connectivity index (χ0n) is 15.9. The summed E-state index contributed by atoms with van der Waals surface area (Å²) in [6.45, 7) is 3.13. The van der Waals surface area contributed by atoms with Crippen LogP contribution >= 0.6 is 34.5 Å². The Hall–Kier alpha value is -2.09. The van der Waals surface area contributed by atoms with Crippen LogP contribution in [0.1, 0.15) is 34.6 Å².